The van der Waals surface area contributed by atoms with Crippen LogP contribution in [0.1, 0.15) is 18.1 Å². The summed E-state index contributed by atoms with van der Waals surface area (Å²) >= 11 is 6.18. The predicted octanol–water partition coefficient (Wildman–Crippen LogP) is 3.41. The van der Waals surface area contributed by atoms with Gasteiger partial charge in [0.25, 0.3) is 5.91 Å². The van der Waals surface area contributed by atoms with E-state index in [0.29, 0.717) is 35.2 Å². The van der Waals surface area contributed by atoms with E-state index in [-0.39, 0.29) is 12.5 Å². The summed E-state index contributed by atoms with van der Waals surface area (Å²) in [6.07, 6.45) is 1.45. The number of nitrogens with zero attached hydrogens (tertiary/aromatic N) is 1. The first-order chi connectivity index (χ1) is 12.6. The summed E-state index contributed by atoms with van der Waals surface area (Å²) in [6.45, 7) is 2.61. The fraction of sp³-hybridized carbons (Fsp3) is 0.263. The molecule has 0 unspecified atom stereocenters. The van der Waals surface area contributed by atoms with E-state index in [1.807, 2.05) is 37.3 Å². The highest BCUT2D eigenvalue weighted by atomic mass is 35.5. The van der Waals surface area contributed by atoms with Gasteiger partial charge in [-0.15, -0.1) is 0 Å². The number of ether oxygens (including phenoxy) is 2. The predicted molar refractivity (Wildman–Crippen MR) is 101 cm³/mol. The van der Waals surface area contributed by atoms with Gasteiger partial charge in [0.2, 0.25) is 0 Å². The Hall–Kier alpha value is -2.73. The van der Waals surface area contributed by atoms with E-state index in [1.54, 1.807) is 12.1 Å². The second kappa shape index (κ2) is 10.3. The monoisotopic (exact) mass is 376 g/mol. The summed E-state index contributed by atoms with van der Waals surface area (Å²) in [5.41, 5.74) is 1.68. The van der Waals surface area contributed by atoms with Crippen LogP contribution in [-0.2, 0) is 16.2 Å². The zero-order valence-electron chi connectivity index (χ0n) is 14.7. The molecule has 0 aromatic heterocycles. The number of carbonyl (C=O) groups excluding carboxylic acids is 1. The second-order valence-corrected chi connectivity index (χ2v) is 5.64. The van der Waals surface area contributed by atoms with Crippen LogP contribution in [0.15, 0.2) is 47.6 Å². The number of amides is 1. The van der Waals surface area contributed by atoms with Crippen molar-refractivity contribution in [2.45, 2.75) is 13.5 Å². The first-order valence-corrected chi connectivity index (χ1v) is 8.48. The van der Waals surface area contributed by atoms with Crippen LogP contribution in [0, 0.1) is 0 Å². The molecule has 0 aliphatic rings. The van der Waals surface area contributed by atoms with Crippen molar-refractivity contribution in [2.75, 3.05) is 20.3 Å². The van der Waals surface area contributed by atoms with E-state index in [9.17, 15) is 4.79 Å². The van der Waals surface area contributed by atoms with Crippen LogP contribution < -0.4 is 14.8 Å². The van der Waals surface area contributed by atoms with E-state index >= 15 is 0 Å². The summed E-state index contributed by atoms with van der Waals surface area (Å²) in [7, 11) is 1.53. The van der Waals surface area contributed by atoms with Crippen LogP contribution in [0.3, 0.4) is 0 Å². The van der Waals surface area contributed by atoms with Gasteiger partial charge in [-0.25, -0.2) is 0 Å². The van der Waals surface area contributed by atoms with Crippen molar-refractivity contribution >= 4 is 23.7 Å². The fourth-order valence-electron chi connectivity index (χ4n) is 2.14. The smallest absolute Gasteiger partial charge is 0.261 e. The van der Waals surface area contributed by atoms with Gasteiger partial charge in [0.1, 0.15) is 0 Å². The molecule has 6 nitrogen and oxygen atoms in total. The minimum absolute atomic E-state index is 0.175. The van der Waals surface area contributed by atoms with Crippen molar-refractivity contribution in [1.29, 1.82) is 0 Å². The molecule has 2 aromatic carbocycles. The summed E-state index contributed by atoms with van der Waals surface area (Å²) in [4.78, 5) is 16.8. The van der Waals surface area contributed by atoms with E-state index in [2.05, 4.69) is 10.5 Å². The topological polar surface area (TPSA) is 69.2 Å². The molecule has 0 saturated heterocycles. The SMILES string of the molecule is CCOc1c(Cl)cc(/C=N\OCC(=O)NCc2ccccc2)cc1OC. The summed E-state index contributed by atoms with van der Waals surface area (Å²) in [5, 5.41) is 6.95. The molecule has 1 amide bonds. The Morgan fingerprint density at radius 3 is 2.73 bits per heavy atom. The van der Waals surface area contributed by atoms with Crippen LogP contribution >= 0.6 is 11.6 Å². The van der Waals surface area contributed by atoms with Gasteiger partial charge in [-0.2, -0.15) is 0 Å². The lowest BCUT2D eigenvalue weighted by Gasteiger charge is -2.11. The molecule has 7 heteroatoms. The molecule has 0 bridgehead atoms. The zero-order valence-corrected chi connectivity index (χ0v) is 15.5. The van der Waals surface area contributed by atoms with Gasteiger partial charge in [0.15, 0.2) is 18.1 Å². The third-order valence-corrected chi connectivity index (χ3v) is 3.63. The molecular weight excluding hydrogens is 356 g/mol. The Morgan fingerprint density at radius 2 is 2.04 bits per heavy atom. The number of halogens is 1. The summed E-state index contributed by atoms with van der Waals surface area (Å²) < 4.78 is 10.7. The van der Waals surface area contributed by atoms with Gasteiger partial charge in [0, 0.05) is 12.1 Å². The third kappa shape index (κ3) is 5.97. The first kappa shape index (κ1) is 19.6. The number of oxime groups is 1. The number of carbonyl (C=O) groups is 1. The Morgan fingerprint density at radius 1 is 1.27 bits per heavy atom. The molecule has 138 valence electrons. The maximum atomic E-state index is 11.7. The van der Waals surface area contributed by atoms with Gasteiger partial charge in [0.05, 0.1) is 25.0 Å². The van der Waals surface area contributed by atoms with Crippen molar-refractivity contribution in [2.24, 2.45) is 5.16 Å². The van der Waals surface area contributed by atoms with Crippen molar-refractivity contribution < 1.29 is 19.1 Å². The minimum Gasteiger partial charge on any atom is -0.493 e. The lowest BCUT2D eigenvalue weighted by molar-refractivity contribution is -0.125. The van der Waals surface area contributed by atoms with E-state index < -0.39 is 0 Å². The lowest BCUT2D eigenvalue weighted by Crippen LogP contribution is -2.26. The highest BCUT2D eigenvalue weighted by Crippen LogP contribution is 2.35. The van der Waals surface area contributed by atoms with Gasteiger partial charge < -0.3 is 19.6 Å². The molecule has 2 aromatic rings. The molecule has 1 N–H and O–H groups in total. The van der Waals surface area contributed by atoms with Crippen LogP contribution in [0.25, 0.3) is 0 Å². The van der Waals surface area contributed by atoms with E-state index in [0.717, 1.165) is 5.56 Å². The number of nitrogens with one attached hydrogen (secondary N) is 1. The maximum Gasteiger partial charge on any atom is 0.261 e. The molecule has 0 fully saturated rings. The molecule has 0 aliphatic heterocycles. The normalized spacial score (nSPS) is 10.6. The molecule has 0 aliphatic carbocycles. The van der Waals surface area contributed by atoms with E-state index in [1.165, 1.54) is 13.3 Å². The Labute approximate surface area is 157 Å². The Balaban J connectivity index is 1.84. The number of hydrogen-bond acceptors (Lipinski definition) is 5. The second-order valence-electron chi connectivity index (χ2n) is 5.24. The average molecular weight is 377 g/mol. The molecule has 26 heavy (non-hydrogen) atoms. The molecule has 0 spiro atoms. The van der Waals surface area contributed by atoms with Crippen LogP contribution in [0.4, 0.5) is 0 Å². The van der Waals surface area contributed by atoms with Crippen molar-refractivity contribution in [1.82, 2.24) is 5.32 Å². The molecule has 0 radical (unpaired) electrons. The standard InChI is InChI=1S/C19H21ClN2O4/c1-3-25-19-16(20)9-15(10-17(19)24-2)12-22-26-13-18(23)21-11-14-7-5-4-6-8-14/h4-10,12H,3,11,13H2,1-2H3,(H,21,23)/b22-12-. The highest BCUT2D eigenvalue weighted by Gasteiger charge is 2.11. The van der Waals surface area contributed by atoms with Gasteiger partial charge in [-0.1, -0.05) is 47.1 Å². The Bertz CT molecular complexity index is 751. The molecular formula is C19H21ClN2O4. The first-order valence-electron chi connectivity index (χ1n) is 8.10. The van der Waals surface area contributed by atoms with Crippen molar-refractivity contribution in [3.8, 4) is 11.5 Å². The van der Waals surface area contributed by atoms with Crippen LogP contribution in [0.5, 0.6) is 11.5 Å². The average Bonchev–Trinajstić information content (AvgIpc) is 2.66. The van der Waals surface area contributed by atoms with E-state index in [4.69, 9.17) is 25.9 Å². The molecule has 2 rings (SSSR count). The quantitative estimate of drug-likeness (QED) is 0.538. The van der Waals surface area contributed by atoms with Gasteiger partial charge in [-0.3, -0.25) is 4.79 Å². The van der Waals surface area contributed by atoms with Crippen LogP contribution in [-0.4, -0.2) is 32.4 Å². The number of benzene rings is 2. The minimum atomic E-state index is -0.256. The molecule has 0 heterocycles. The molecule has 0 saturated carbocycles. The summed E-state index contributed by atoms with van der Waals surface area (Å²) in [6, 6.07) is 13.0. The third-order valence-electron chi connectivity index (χ3n) is 3.34. The largest absolute Gasteiger partial charge is 0.493 e. The van der Waals surface area contributed by atoms with Gasteiger partial charge >= 0.3 is 0 Å². The van der Waals surface area contributed by atoms with Gasteiger partial charge in [-0.05, 0) is 24.6 Å². The fourth-order valence-corrected chi connectivity index (χ4v) is 2.41. The van der Waals surface area contributed by atoms with Crippen molar-refractivity contribution in [3.63, 3.8) is 0 Å². The van der Waals surface area contributed by atoms with Crippen LogP contribution in [0.2, 0.25) is 5.02 Å². The number of hydrogen-bond donors (Lipinski definition) is 1. The zero-order chi connectivity index (χ0) is 18.8. The molecule has 0 atom stereocenters. The summed E-state index contributed by atoms with van der Waals surface area (Å²) in [5.74, 6) is 0.727. The maximum absolute atomic E-state index is 11.7. The Kier molecular flexibility index (Phi) is 7.76. The highest BCUT2D eigenvalue weighted by molar-refractivity contribution is 6.32. The number of rotatable bonds is 9. The number of methoxy groups -OCH3 is 1. The van der Waals surface area contributed by atoms with Crippen molar-refractivity contribution in [3.05, 3.63) is 58.6 Å². The lowest BCUT2D eigenvalue weighted by atomic mass is 10.2.